The van der Waals surface area contributed by atoms with E-state index in [2.05, 4.69) is 4.98 Å². The molecule has 3 atom stereocenters. The molecule has 0 aliphatic carbocycles. The van der Waals surface area contributed by atoms with Crippen LogP contribution in [0.5, 0.6) is 5.88 Å². The monoisotopic (exact) mass is 330 g/mol. The molecule has 23 heavy (non-hydrogen) atoms. The standard InChI is InChI=1S/C13H18N2O8/c1-6(17)2-3-7-11(21)14-13(22)15-12(7)23-5-9(19)10(20)8(18)4-16/h2-3,8-10,16,18-20H,4-5H2,1H3,(H2,14,15,21,22)/b3-2+/t8-,9+,10-/m1/s1. The van der Waals surface area contributed by atoms with Crippen LogP contribution in [0.2, 0.25) is 0 Å². The van der Waals surface area contributed by atoms with Crippen LogP contribution in [-0.2, 0) is 4.79 Å². The summed E-state index contributed by atoms with van der Waals surface area (Å²) in [5, 5.41) is 37.0. The van der Waals surface area contributed by atoms with E-state index in [1.54, 1.807) is 0 Å². The Balaban J connectivity index is 2.97. The minimum Gasteiger partial charge on any atom is -0.475 e. The molecule has 0 radical (unpaired) electrons. The molecule has 1 rings (SSSR count). The van der Waals surface area contributed by atoms with Crippen LogP contribution in [0.4, 0.5) is 0 Å². The summed E-state index contributed by atoms with van der Waals surface area (Å²) in [5.74, 6) is -0.663. The lowest BCUT2D eigenvalue weighted by Crippen LogP contribution is -2.42. The fourth-order valence-electron chi connectivity index (χ4n) is 1.57. The molecule has 0 saturated carbocycles. The Morgan fingerprint density at radius 3 is 2.43 bits per heavy atom. The molecule has 1 heterocycles. The van der Waals surface area contributed by atoms with E-state index in [1.165, 1.54) is 6.92 Å². The highest BCUT2D eigenvalue weighted by Gasteiger charge is 2.25. The number of ether oxygens (including phenoxy) is 1. The van der Waals surface area contributed by atoms with Gasteiger partial charge in [0.05, 0.1) is 6.61 Å². The van der Waals surface area contributed by atoms with Crippen molar-refractivity contribution >= 4 is 11.9 Å². The van der Waals surface area contributed by atoms with E-state index in [-0.39, 0.29) is 17.2 Å². The van der Waals surface area contributed by atoms with E-state index < -0.39 is 42.8 Å². The number of rotatable bonds is 8. The van der Waals surface area contributed by atoms with Crippen molar-refractivity contribution in [2.45, 2.75) is 25.2 Å². The van der Waals surface area contributed by atoms with Crippen molar-refractivity contribution in [1.29, 1.82) is 0 Å². The first-order valence-corrected chi connectivity index (χ1v) is 6.59. The van der Waals surface area contributed by atoms with Crippen molar-refractivity contribution in [2.75, 3.05) is 13.2 Å². The highest BCUT2D eigenvalue weighted by Crippen LogP contribution is 2.11. The number of aromatic nitrogens is 2. The molecule has 128 valence electrons. The van der Waals surface area contributed by atoms with E-state index in [9.17, 15) is 29.7 Å². The first-order chi connectivity index (χ1) is 10.8. The second-order valence-electron chi connectivity index (χ2n) is 4.71. The van der Waals surface area contributed by atoms with Gasteiger partial charge in [-0.2, -0.15) is 0 Å². The highest BCUT2D eigenvalue weighted by molar-refractivity contribution is 5.91. The molecule has 1 aromatic rings. The zero-order valence-corrected chi connectivity index (χ0v) is 12.2. The molecule has 0 aromatic carbocycles. The van der Waals surface area contributed by atoms with Crippen LogP contribution in [0.15, 0.2) is 15.7 Å². The molecule has 0 bridgehead atoms. The first-order valence-electron chi connectivity index (χ1n) is 6.59. The topological polar surface area (TPSA) is 173 Å². The van der Waals surface area contributed by atoms with Crippen molar-refractivity contribution in [1.82, 2.24) is 9.97 Å². The largest absolute Gasteiger partial charge is 0.475 e. The lowest BCUT2D eigenvalue weighted by Gasteiger charge is -2.21. The predicted molar refractivity (Wildman–Crippen MR) is 78.0 cm³/mol. The van der Waals surface area contributed by atoms with Crippen LogP contribution in [0, 0.1) is 0 Å². The molecule has 1 aromatic heterocycles. The number of aromatic amines is 2. The van der Waals surface area contributed by atoms with E-state index in [1.807, 2.05) is 4.98 Å². The van der Waals surface area contributed by atoms with Crippen LogP contribution in [0.3, 0.4) is 0 Å². The lowest BCUT2D eigenvalue weighted by atomic mass is 10.1. The van der Waals surface area contributed by atoms with Crippen molar-refractivity contribution in [2.24, 2.45) is 0 Å². The average molecular weight is 330 g/mol. The van der Waals surface area contributed by atoms with E-state index in [0.717, 1.165) is 12.2 Å². The van der Waals surface area contributed by atoms with Crippen molar-refractivity contribution < 1.29 is 30.0 Å². The van der Waals surface area contributed by atoms with E-state index in [4.69, 9.17) is 9.84 Å². The Hall–Kier alpha value is -2.27. The third kappa shape index (κ3) is 5.45. The quantitative estimate of drug-likeness (QED) is 0.276. The van der Waals surface area contributed by atoms with Gasteiger partial charge in [-0.1, -0.05) is 0 Å². The summed E-state index contributed by atoms with van der Waals surface area (Å²) in [5.41, 5.74) is -1.84. The number of hydrogen-bond donors (Lipinski definition) is 6. The average Bonchev–Trinajstić information content (AvgIpc) is 2.49. The van der Waals surface area contributed by atoms with Gasteiger partial charge in [0.2, 0.25) is 5.88 Å². The summed E-state index contributed by atoms with van der Waals surface area (Å²) in [6.45, 7) is -0.0987. The summed E-state index contributed by atoms with van der Waals surface area (Å²) in [4.78, 5) is 38.0. The minimum absolute atomic E-state index is 0.163. The Bertz CT molecular complexity index is 677. The smallest absolute Gasteiger partial charge is 0.328 e. The van der Waals surface area contributed by atoms with Crippen LogP contribution in [0.1, 0.15) is 12.5 Å². The van der Waals surface area contributed by atoms with Gasteiger partial charge in [-0.05, 0) is 19.1 Å². The van der Waals surface area contributed by atoms with Gasteiger partial charge in [0.15, 0.2) is 5.78 Å². The molecule has 0 aliphatic rings. The summed E-state index contributed by atoms with van der Waals surface area (Å²) < 4.78 is 5.07. The molecule has 0 saturated heterocycles. The molecule has 0 fully saturated rings. The molecule has 0 aliphatic heterocycles. The molecular weight excluding hydrogens is 312 g/mol. The third-order valence-electron chi connectivity index (χ3n) is 2.80. The van der Waals surface area contributed by atoms with Crippen LogP contribution in [-0.4, -0.2) is 67.7 Å². The van der Waals surface area contributed by atoms with Gasteiger partial charge in [-0.15, -0.1) is 0 Å². The number of H-pyrrole nitrogens is 2. The Morgan fingerprint density at radius 2 is 1.87 bits per heavy atom. The number of aliphatic hydroxyl groups excluding tert-OH is 4. The van der Waals surface area contributed by atoms with Gasteiger partial charge in [-0.25, -0.2) is 4.79 Å². The van der Waals surface area contributed by atoms with Crippen molar-refractivity contribution in [3.8, 4) is 5.88 Å². The van der Waals surface area contributed by atoms with Crippen LogP contribution in [0.25, 0.3) is 6.08 Å². The Labute approximate surface area is 129 Å². The fraction of sp³-hybridized carbons (Fsp3) is 0.462. The molecule has 0 amide bonds. The molecule has 10 nitrogen and oxygen atoms in total. The maximum atomic E-state index is 11.7. The third-order valence-corrected chi connectivity index (χ3v) is 2.80. The van der Waals surface area contributed by atoms with E-state index in [0.29, 0.717) is 0 Å². The summed E-state index contributed by atoms with van der Waals surface area (Å²) >= 11 is 0. The second kappa shape index (κ2) is 8.39. The summed E-state index contributed by atoms with van der Waals surface area (Å²) in [6.07, 6.45) is -2.66. The van der Waals surface area contributed by atoms with E-state index >= 15 is 0 Å². The number of nitrogens with one attached hydrogen (secondary N) is 2. The summed E-state index contributed by atoms with van der Waals surface area (Å²) in [7, 11) is 0. The number of carbonyl (C=O) groups is 1. The van der Waals surface area contributed by atoms with Gasteiger partial charge < -0.3 is 25.2 Å². The van der Waals surface area contributed by atoms with Gasteiger partial charge in [-0.3, -0.25) is 19.6 Å². The molecule has 0 spiro atoms. The maximum Gasteiger partial charge on any atom is 0.328 e. The number of aliphatic hydroxyl groups is 4. The Kier molecular flexibility index (Phi) is 6.85. The zero-order chi connectivity index (χ0) is 17.6. The van der Waals surface area contributed by atoms with Crippen molar-refractivity contribution in [3.05, 3.63) is 32.5 Å². The SMILES string of the molecule is CC(=O)/C=C/c1c(OC[C@H](O)[C@H](O)[C@H](O)CO)[nH]c(=O)[nH]c1=O. The number of carbonyl (C=O) groups excluding carboxylic acids is 1. The first kappa shape index (κ1) is 18.8. The van der Waals surface area contributed by atoms with Crippen LogP contribution >= 0.6 is 0 Å². The number of allylic oxidation sites excluding steroid dienone is 1. The molecule has 0 unspecified atom stereocenters. The number of hydrogen-bond acceptors (Lipinski definition) is 8. The van der Waals surface area contributed by atoms with Gasteiger partial charge in [0.25, 0.3) is 5.56 Å². The van der Waals surface area contributed by atoms with Crippen LogP contribution < -0.4 is 16.0 Å². The number of ketones is 1. The van der Waals surface area contributed by atoms with Crippen molar-refractivity contribution in [3.63, 3.8) is 0 Å². The highest BCUT2D eigenvalue weighted by atomic mass is 16.5. The minimum atomic E-state index is -1.69. The van der Waals surface area contributed by atoms with Gasteiger partial charge in [0, 0.05) is 0 Å². The lowest BCUT2D eigenvalue weighted by molar-refractivity contribution is -0.112. The normalized spacial score (nSPS) is 15.3. The second-order valence-corrected chi connectivity index (χ2v) is 4.71. The van der Waals surface area contributed by atoms with Gasteiger partial charge >= 0.3 is 5.69 Å². The fourth-order valence-corrected chi connectivity index (χ4v) is 1.57. The summed E-state index contributed by atoms with van der Waals surface area (Å²) in [6, 6.07) is 0. The Morgan fingerprint density at radius 1 is 1.22 bits per heavy atom. The predicted octanol–water partition coefficient (Wildman–Crippen LogP) is -2.88. The molecule has 10 heteroatoms. The molecule has 6 N–H and O–H groups in total. The zero-order valence-electron chi connectivity index (χ0n) is 12.2. The van der Waals surface area contributed by atoms with Gasteiger partial charge in [0.1, 0.15) is 30.5 Å². The maximum absolute atomic E-state index is 11.7. The molecular formula is C13H18N2O8.